The average Bonchev–Trinajstić information content (AvgIpc) is 2.72. The van der Waals surface area contributed by atoms with Crippen molar-refractivity contribution in [3.05, 3.63) is 12.7 Å². The number of aromatic nitrogens is 3. The van der Waals surface area contributed by atoms with Crippen molar-refractivity contribution in [3.8, 4) is 0 Å². The minimum Gasteiger partial charge on any atom is -0.353 e. The Hall–Kier alpha value is -1.43. The summed E-state index contributed by atoms with van der Waals surface area (Å²) >= 11 is 0. The molecular formula is C11H19N5O. The highest BCUT2D eigenvalue weighted by atomic mass is 16.1. The van der Waals surface area contributed by atoms with Gasteiger partial charge in [0.2, 0.25) is 5.91 Å². The molecule has 2 rings (SSSR count). The van der Waals surface area contributed by atoms with Gasteiger partial charge in [0, 0.05) is 12.5 Å². The zero-order valence-corrected chi connectivity index (χ0v) is 9.93. The van der Waals surface area contributed by atoms with Gasteiger partial charge < -0.3 is 10.6 Å². The molecule has 2 heterocycles. The van der Waals surface area contributed by atoms with E-state index >= 15 is 0 Å². The molecular weight excluding hydrogens is 218 g/mol. The number of nitrogens with zero attached hydrogens (tertiary/aromatic N) is 3. The lowest BCUT2D eigenvalue weighted by Crippen LogP contribution is -2.35. The summed E-state index contributed by atoms with van der Waals surface area (Å²) in [5, 5.41) is 10.4. The third-order valence-electron chi connectivity index (χ3n) is 2.98. The first-order valence-corrected chi connectivity index (χ1v) is 6.17. The van der Waals surface area contributed by atoms with Crippen LogP contribution in [0, 0.1) is 0 Å². The van der Waals surface area contributed by atoms with E-state index in [1.807, 2.05) is 0 Å². The van der Waals surface area contributed by atoms with E-state index in [1.165, 1.54) is 6.33 Å². The zero-order valence-electron chi connectivity index (χ0n) is 9.93. The summed E-state index contributed by atoms with van der Waals surface area (Å²) in [5.41, 5.74) is 0. The highest BCUT2D eigenvalue weighted by Gasteiger charge is 2.14. The van der Waals surface area contributed by atoms with Crippen LogP contribution < -0.4 is 10.6 Å². The van der Waals surface area contributed by atoms with Crippen molar-refractivity contribution in [2.75, 3.05) is 13.1 Å². The topological polar surface area (TPSA) is 71.8 Å². The Morgan fingerprint density at radius 1 is 1.47 bits per heavy atom. The fraction of sp³-hybridized carbons (Fsp3) is 0.727. The maximum Gasteiger partial charge on any atom is 0.222 e. The highest BCUT2D eigenvalue weighted by molar-refractivity contribution is 5.76. The Morgan fingerprint density at radius 3 is 3.24 bits per heavy atom. The molecule has 1 saturated heterocycles. The van der Waals surface area contributed by atoms with Gasteiger partial charge in [-0.2, -0.15) is 5.10 Å². The molecule has 94 valence electrons. The van der Waals surface area contributed by atoms with Crippen molar-refractivity contribution in [2.24, 2.45) is 0 Å². The molecule has 6 heteroatoms. The minimum atomic E-state index is 0.104. The van der Waals surface area contributed by atoms with Crippen LogP contribution >= 0.6 is 0 Å². The second-order valence-electron chi connectivity index (χ2n) is 4.35. The van der Waals surface area contributed by atoms with Crippen molar-refractivity contribution in [3.63, 3.8) is 0 Å². The van der Waals surface area contributed by atoms with E-state index in [4.69, 9.17) is 0 Å². The van der Waals surface area contributed by atoms with Gasteiger partial charge in [0.05, 0.1) is 6.54 Å². The van der Waals surface area contributed by atoms with Crippen molar-refractivity contribution in [1.29, 1.82) is 0 Å². The smallest absolute Gasteiger partial charge is 0.222 e. The molecule has 1 aliphatic heterocycles. The maximum atomic E-state index is 11.7. The molecule has 2 N–H and O–H groups in total. The number of carbonyl (C=O) groups is 1. The highest BCUT2D eigenvalue weighted by Crippen LogP contribution is 2.05. The van der Waals surface area contributed by atoms with Crippen molar-refractivity contribution in [1.82, 2.24) is 25.4 Å². The van der Waals surface area contributed by atoms with Gasteiger partial charge in [-0.3, -0.25) is 9.48 Å². The van der Waals surface area contributed by atoms with Crippen LogP contribution in [0.1, 0.15) is 25.7 Å². The SMILES string of the molecule is O=C(CCn1cncn1)NC1CCCNCC1. The quantitative estimate of drug-likeness (QED) is 0.768. The first kappa shape index (κ1) is 12.0. The molecule has 0 radical (unpaired) electrons. The molecule has 17 heavy (non-hydrogen) atoms. The van der Waals surface area contributed by atoms with Gasteiger partial charge in [0.15, 0.2) is 0 Å². The van der Waals surface area contributed by atoms with Crippen LogP contribution in [0.25, 0.3) is 0 Å². The molecule has 0 saturated carbocycles. The van der Waals surface area contributed by atoms with E-state index in [9.17, 15) is 4.79 Å². The van der Waals surface area contributed by atoms with E-state index in [2.05, 4.69) is 20.7 Å². The van der Waals surface area contributed by atoms with Crippen molar-refractivity contribution in [2.45, 2.75) is 38.3 Å². The second-order valence-corrected chi connectivity index (χ2v) is 4.35. The number of hydrogen-bond acceptors (Lipinski definition) is 4. The molecule has 1 aromatic rings. The molecule has 0 aromatic carbocycles. The van der Waals surface area contributed by atoms with Gasteiger partial charge in [0.25, 0.3) is 0 Å². The molecule has 6 nitrogen and oxygen atoms in total. The molecule has 1 aliphatic rings. The average molecular weight is 237 g/mol. The number of carbonyl (C=O) groups excluding carboxylic acids is 1. The number of aryl methyl sites for hydroxylation is 1. The third kappa shape index (κ3) is 4.14. The van der Waals surface area contributed by atoms with Crippen LogP contribution in [0.2, 0.25) is 0 Å². The molecule has 0 aliphatic carbocycles. The maximum absolute atomic E-state index is 11.7. The Balaban J connectivity index is 1.69. The number of hydrogen-bond donors (Lipinski definition) is 2. The summed E-state index contributed by atoms with van der Waals surface area (Å²) in [6.07, 6.45) is 6.80. The molecule has 1 amide bonds. The first-order valence-electron chi connectivity index (χ1n) is 6.17. The Labute approximate surface area is 101 Å². The van der Waals surface area contributed by atoms with Gasteiger partial charge >= 0.3 is 0 Å². The summed E-state index contributed by atoms with van der Waals surface area (Å²) in [5.74, 6) is 0.104. The summed E-state index contributed by atoms with van der Waals surface area (Å²) < 4.78 is 1.67. The molecule has 1 aromatic heterocycles. The lowest BCUT2D eigenvalue weighted by Gasteiger charge is -2.15. The summed E-state index contributed by atoms with van der Waals surface area (Å²) in [4.78, 5) is 15.6. The van der Waals surface area contributed by atoms with Crippen LogP contribution in [0.3, 0.4) is 0 Å². The molecule has 1 fully saturated rings. The van der Waals surface area contributed by atoms with Crippen LogP contribution in [0.15, 0.2) is 12.7 Å². The van der Waals surface area contributed by atoms with E-state index in [0.717, 1.165) is 32.4 Å². The fourth-order valence-electron chi connectivity index (χ4n) is 2.03. The van der Waals surface area contributed by atoms with Crippen molar-refractivity contribution < 1.29 is 4.79 Å². The van der Waals surface area contributed by atoms with Crippen LogP contribution in [-0.4, -0.2) is 39.8 Å². The lowest BCUT2D eigenvalue weighted by molar-refractivity contribution is -0.122. The second kappa shape index (κ2) is 6.34. The van der Waals surface area contributed by atoms with Crippen LogP contribution in [0.5, 0.6) is 0 Å². The van der Waals surface area contributed by atoms with Gasteiger partial charge in [-0.15, -0.1) is 0 Å². The monoisotopic (exact) mass is 237 g/mol. The summed E-state index contributed by atoms with van der Waals surface area (Å²) in [7, 11) is 0. The third-order valence-corrected chi connectivity index (χ3v) is 2.98. The molecule has 0 bridgehead atoms. The van der Waals surface area contributed by atoms with E-state index in [0.29, 0.717) is 19.0 Å². The molecule has 0 spiro atoms. The largest absolute Gasteiger partial charge is 0.353 e. The predicted octanol–water partition coefficient (Wildman–Crippen LogP) is -0.0735. The van der Waals surface area contributed by atoms with Gasteiger partial charge in [-0.05, 0) is 32.4 Å². The van der Waals surface area contributed by atoms with Gasteiger partial charge in [0.1, 0.15) is 12.7 Å². The summed E-state index contributed by atoms with van der Waals surface area (Å²) in [6.45, 7) is 2.65. The Morgan fingerprint density at radius 2 is 2.41 bits per heavy atom. The number of rotatable bonds is 4. The Kier molecular flexibility index (Phi) is 4.49. The molecule has 1 atom stereocenters. The standard InChI is InChI=1S/C11H19N5O/c17-11(4-7-16-9-13-8-14-16)15-10-2-1-5-12-6-3-10/h8-10,12H,1-7H2,(H,15,17). The number of amides is 1. The van der Waals surface area contributed by atoms with E-state index in [1.54, 1.807) is 11.0 Å². The fourth-order valence-corrected chi connectivity index (χ4v) is 2.03. The summed E-state index contributed by atoms with van der Waals surface area (Å²) in [6, 6.07) is 0.327. The molecule has 1 unspecified atom stereocenters. The van der Waals surface area contributed by atoms with Crippen LogP contribution in [0.4, 0.5) is 0 Å². The predicted molar refractivity (Wildman–Crippen MR) is 63.3 cm³/mol. The van der Waals surface area contributed by atoms with Gasteiger partial charge in [-0.1, -0.05) is 0 Å². The lowest BCUT2D eigenvalue weighted by atomic mass is 10.1. The number of nitrogens with one attached hydrogen (secondary N) is 2. The van der Waals surface area contributed by atoms with Gasteiger partial charge in [-0.25, -0.2) is 4.98 Å². The van der Waals surface area contributed by atoms with Crippen molar-refractivity contribution >= 4 is 5.91 Å². The normalized spacial score (nSPS) is 20.8. The Bertz CT molecular complexity index is 330. The zero-order chi connectivity index (χ0) is 11.9. The van der Waals surface area contributed by atoms with E-state index in [-0.39, 0.29) is 5.91 Å². The van der Waals surface area contributed by atoms with Crippen LogP contribution in [-0.2, 0) is 11.3 Å². The van der Waals surface area contributed by atoms with E-state index < -0.39 is 0 Å². The minimum absolute atomic E-state index is 0.104. The first-order chi connectivity index (χ1) is 8.34.